The number of halogens is 2. The van der Waals surface area contributed by atoms with E-state index in [0.29, 0.717) is 9.90 Å². The van der Waals surface area contributed by atoms with Gasteiger partial charge in [-0.3, -0.25) is 4.79 Å². The first kappa shape index (κ1) is 13.2. The molecule has 6 heteroatoms. The predicted molar refractivity (Wildman–Crippen MR) is 84.6 cm³/mol. The highest BCUT2D eigenvalue weighted by Crippen LogP contribution is 2.36. The fraction of sp³-hybridized carbons (Fsp3) is 0.250. The number of carbonyl (C=O) groups excluding carboxylic acids is 1. The molecule has 2 aromatic heterocycles. The van der Waals surface area contributed by atoms with Crippen molar-refractivity contribution >= 4 is 67.7 Å². The van der Waals surface area contributed by atoms with Crippen molar-refractivity contribution < 1.29 is 4.79 Å². The monoisotopic (exact) mass is 378 g/mol. The Bertz CT molecular complexity index is 574. The summed E-state index contributed by atoms with van der Waals surface area (Å²) < 4.78 is 0.824. The van der Waals surface area contributed by atoms with Gasteiger partial charge in [0.15, 0.2) is 0 Å². The fourth-order valence-electron chi connectivity index (χ4n) is 1.84. The highest BCUT2D eigenvalue weighted by atomic mass is 79.9. The number of carbonyl (C=O) groups is 1. The van der Waals surface area contributed by atoms with Crippen molar-refractivity contribution in [1.29, 1.82) is 0 Å². The third-order valence-electron chi connectivity index (χ3n) is 2.72. The molecule has 94 valence electrons. The largest absolute Gasteiger partial charge is 0.287 e. The van der Waals surface area contributed by atoms with Gasteiger partial charge in [0.25, 0.3) is 0 Å². The highest BCUT2D eigenvalue weighted by molar-refractivity contribution is 9.11. The molecular weight excluding hydrogens is 372 g/mol. The SMILES string of the molecule is O=C(c1cc(Cl)c(Br)s1)c1cc2c(s1)CCSC2. The van der Waals surface area contributed by atoms with Gasteiger partial charge in [-0.2, -0.15) is 11.8 Å². The van der Waals surface area contributed by atoms with Crippen LogP contribution < -0.4 is 0 Å². The summed E-state index contributed by atoms with van der Waals surface area (Å²) >= 11 is 14.3. The molecule has 2 aromatic rings. The molecule has 0 saturated heterocycles. The van der Waals surface area contributed by atoms with E-state index in [1.54, 1.807) is 17.4 Å². The molecule has 0 bridgehead atoms. The minimum atomic E-state index is 0.0944. The van der Waals surface area contributed by atoms with E-state index in [1.807, 2.05) is 11.8 Å². The van der Waals surface area contributed by atoms with Crippen molar-refractivity contribution in [3.05, 3.63) is 41.1 Å². The third kappa shape index (κ3) is 2.43. The van der Waals surface area contributed by atoms with E-state index < -0.39 is 0 Å². The van der Waals surface area contributed by atoms with E-state index in [0.717, 1.165) is 26.6 Å². The van der Waals surface area contributed by atoms with Crippen LogP contribution in [-0.2, 0) is 12.2 Å². The molecule has 0 unspecified atom stereocenters. The van der Waals surface area contributed by atoms with Gasteiger partial charge in [-0.1, -0.05) is 11.6 Å². The molecular formula is C12H8BrClOS3. The summed E-state index contributed by atoms with van der Waals surface area (Å²) in [4.78, 5) is 15.3. The lowest BCUT2D eigenvalue weighted by molar-refractivity contribution is 0.104. The zero-order valence-electron chi connectivity index (χ0n) is 9.16. The second-order valence-electron chi connectivity index (χ2n) is 3.92. The average Bonchev–Trinajstić information content (AvgIpc) is 2.93. The molecule has 0 radical (unpaired) electrons. The molecule has 18 heavy (non-hydrogen) atoms. The van der Waals surface area contributed by atoms with Gasteiger partial charge in [0.1, 0.15) is 0 Å². The molecule has 0 aromatic carbocycles. The molecule has 0 spiro atoms. The lowest BCUT2D eigenvalue weighted by Crippen LogP contribution is -1.96. The van der Waals surface area contributed by atoms with Crippen molar-refractivity contribution in [3.8, 4) is 0 Å². The number of rotatable bonds is 2. The predicted octanol–water partition coefficient (Wildman–Crippen LogP) is 5.25. The lowest BCUT2D eigenvalue weighted by Gasteiger charge is -2.08. The van der Waals surface area contributed by atoms with Gasteiger partial charge in [-0.25, -0.2) is 0 Å². The zero-order chi connectivity index (χ0) is 12.7. The van der Waals surface area contributed by atoms with Crippen LogP contribution in [0.4, 0.5) is 0 Å². The fourth-order valence-corrected chi connectivity index (χ4v) is 5.89. The molecule has 3 heterocycles. The Morgan fingerprint density at radius 2 is 2.06 bits per heavy atom. The van der Waals surface area contributed by atoms with E-state index in [2.05, 4.69) is 22.0 Å². The maximum absolute atomic E-state index is 12.4. The van der Waals surface area contributed by atoms with Crippen molar-refractivity contribution in [3.63, 3.8) is 0 Å². The van der Waals surface area contributed by atoms with Crippen LogP contribution in [0.3, 0.4) is 0 Å². The Balaban J connectivity index is 1.94. The number of hydrogen-bond donors (Lipinski definition) is 0. The van der Waals surface area contributed by atoms with Crippen molar-refractivity contribution in [1.82, 2.24) is 0 Å². The summed E-state index contributed by atoms with van der Waals surface area (Å²) in [6.07, 6.45) is 1.09. The Morgan fingerprint density at radius 1 is 1.28 bits per heavy atom. The smallest absolute Gasteiger partial charge is 0.212 e. The Labute approximate surface area is 131 Å². The van der Waals surface area contributed by atoms with E-state index in [-0.39, 0.29) is 5.78 Å². The van der Waals surface area contributed by atoms with Gasteiger partial charge >= 0.3 is 0 Å². The summed E-state index contributed by atoms with van der Waals surface area (Å²) in [5, 5.41) is 0.611. The van der Waals surface area contributed by atoms with Crippen LogP contribution in [0.15, 0.2) is 15.9 Å². The summed E-state index contributed by atoms with van der Waals surface area (Å²) in [7, 11) is 0. The topological polar surface area (TPSA) is 17.1 Å². The van der Waals surface area contributed by atoms with Crippen LogP contribution in [-0.4, -0.2) is 11.5 Å². The van der Waals surface area contributed by atoms with Crippen LogP contribution in [0.1, 0.15) is 25.0 Å². The highest BCUT2D eigenvalue weighted by Gasteiger charge is 2.20. The molecule has 0 fully saturated rings. The normalized spacial score (nSPS) is 14.6. The molecule has 0 N–H and O–H groups in total. The van der Waals surface area contributed by atoms with E-state index >= 15 is 0 Å². The number of thiophene rings is 2. The average molecular weight is 380 g/mol. The Kier molecular flexibility index (Phi) is 3.87. The first-order chi connectivity index (χ1) is 8.65. The van der Waals surface area contributed by atoms with Crippen LogP contribution >= 0.6 is 62.0 Å². The first-order valence-corrected chi connectivity index (χ1v) is 9.30. The molecule has 0 atom stereocenters. The van der Waals surface area contributed by atoms with Crippen LogP contribution in [0, 0.1) is 0 Å². The Hall–Kier alpha value is 0.190. The first-order valence-electron chi connectivity index (χ1n) is 5.34. The van der Waals surface area contributed by atoms with Crippen molar-refractivity contribution in [2.24, 2.45) is 0 Å². The van der Waals surface area contributed by atoms with Gasteiger partial charge in [0.2, 0.25) is 5.78 Å². The summed E-state index contributed by atoms with van der Waals surface area (Å²) in [6, 6.07) is 3.79. The number of thioether (sulfide) groups is 1. The van der Waals surface area contributed by atoms with Crippen molar-refractivity contribution in [2.75, 3.05) is 5.75 Å². The lowest BCUT2D eigenvalue weighted by atomic mass is 10.2. The van der Waals surface area contributed by atoms with Gasteiger partial charge in [0.05, 0.1) is 18.6 Å². The molecule has 0 saturated carbocycles. The quantitative estimate of drug-likeness (QED) is 0.663. The summed E-state index contributed by atoms with van der Waals surface area (Å²) in [5.74, 6) is 2.29. The summed E-state index contributed by atoms with van der Waals surface area (Å²) in [5.41, 5.74) is 1.33. The summed E-state index contributed by atoms with van der Waals surface area (Å²) in [6.45, 7) is 0. The van der Waals surface area contributed by atoms with Gasteiger partial charge in [-0.05, 0) is 45.8 Å². The minimum Gasteiger partial charge on any atom is -0.287 e. The van der Waals surface area contributed by atoms with E-state index in [1.165, 1.54) is 21.8 Å². The van der Waals surface area contributed by atoms with E-state index in [9.17, 15) is 4.79 Å². The van der Waals surface area contributed by atoms with Gasteiger partial charge in [-0.15, -0.1) is 22.7 Å². The molecule has 3 rings (SSSR count). The maximum atomic E-state index is 12.4. The van der Waals surface area contributed by atoms with Crippen LogP contribution in [0.2, 0.25) is 5.02 Å². The second kappa shape index (κ2) is 5.29. The van der Waals surface area contributed by atoms with Crippen molar-refractivity contribution in [2.45, 2.75) is 12.2 Å². The molecule has 0 aliphatic carbocycles. The second-order valence-corrected chi connectivity index (χ2v) is 8.94. The molecule has 1 nitrogen and oxygen atoms in total. The molecule has 1 aliphatic rings. The Morgan fingerprint density at radius 3 is 2.72 bits per heavy atom. The molecule has 1 aliphatic heterocycles. The van der Waals surface area contributed by atoms with Gasteiger partial charge < -0.3 is 0 Å². The maximum Gasteiger partial charge on any atom is 0.212 e. The van der Waals surface area contributed by atoms with Crippen LogP contribution in [0.5, 0.6) is 0 Å². The third-order valence-corrected chi connectivity index (χ3v) is 7.44. The number of ketones is 1. The minimum absolute atomic E-state index is 0.0944. The van der Waals surface area contributed by atoms with Gasteiger partial charge in [0, 0.05) is 10.6 Å². The zero-order valence-corrected chi connectivity index (χ0v) is 14.0. The standard InChI is InChI=1S/C12H8BrClOS3/c13-12-7(14)4-10(18-12)11(15)9-3-6-5-16-2-1-8(6)17-9/h3-4H,1-2,5H2. The number of fused-ring (bicyclic) bond motifs is 1. The number of hydrogen-bond acceptors (Lipinski definition) is 4. The van der Waals surface area contributed by atoms with Crippen LogP contribution in [0.25, 0.3) is 0 Å². The molecule has 0 amide bonds. The van der Waals surface area contributed by atoms with E-state index in [4.69, 9.17) is 11.6 Å². The number of aryl methyl sites for hydroxylation is 1.